The molecule has 28 heteroatoms. The summed E-state index contributed by atoms with van der Waals surface area (Å²) < 4.78 is 62.2. The number of thioether (sulfide) groups is 1. The molecule has 2 aromatic rings. The number of nitrogens with two attached hydrogens (primary N) is 1. The smallest absolute Gasteiger partial charge is 0.386 e. The minimum absolute atomic E-state index is 0.0300. The molecule has 0 radical (unpaired) electrons. The predicted octanol–water partition coefficient (Wildman–Crippen LogP) is 1.36. The summed E-state index contributed by atoms with van der Waals surface area (Å²) in [7, 11) is -16.4. The number of hydrogen-bond donors (Lipinski definition) is 9. The van der Waals surface area contributed by atoms with Gasteiger partial charge in [0.05, 0.1) is 19.5 Å². The molecule has 2 amide bonds. The number of ether oxygens (including phenoxy) is 1. The van der Waals surface area contributed by atoms with Gasteiger partial charge in [-0.2, -0.15) is 4.31 Å². The van der Waals surface area contributed by atoms with Gasteiger partial charge in [0.2, 0.25) is 16.9 Å². The van der Waals surface area contributed by atoms with E-state index in [1.54, 1.807) is 6.08 Å². The van der Waals surface area contributed by atoms with E-state index >= 15 is 0 Å². The molecule has 332 valence electrons. The topological polar surface area (TPSA) is 364 Å². The largest absolute Gasteiger partial charge is 0.481 e. The first-order valence-electron chi connectivity index (χ1n) is 17.9. The van der Waals surface area contributed by atoms with Crippen molar-refractivity contribution in [2.24, 2.45) is 5.41 Å². The lowest BCUT2D eigenvalue weighted by molar-refractivity contribution is -0.137. The van der Waals surface area contributed by atoms with Crippen LogP contribution in [0, 0.1) is 5.41 Å². The van der Waals surface area contributed by atoms with Gasteiger partial charge in [-0.1, -0.05) is 63.6 Å². The zero-order chi connectivity index (χ0) is 44.0. The number of aliphatic hydroxyl groups excluding tert-OH is 2. The third-order valence-corrected chi connectivity index (χ3v) is 12.1. The molecule has 0 spiro atoms. The molecule has 0 saturated carbocycles. The number of anilines is 1. The maximum Gasteiger partial charge on any atom is 0.481 e. The summed E-state index contributed by atoms with van der Waals surface area (Å²) in [5.74, 6) is -1.15. The van der Waals surface area contributed by atoms with E-state index in [9.17, 15) is 57.9 Å². The highest BCUT2D eigenvalue weighted by molar-refractivity contribution is 8.14. The highest BCUT2D eigenvalue weighted by Crippen LogP contribution is 2.61. The van der Waals surface area contributed by atoms with Crippen molar-refractivity contribution in [1.82, 2.24) is 30.2 Å². The number of carbonyl (C=O) groups is 3. The SMILES string of the molecule is CCCCC/C=C/C=C/C(=O)SCCNC(=O)CCNC(=O)[C@H](O)C(C)(C)COP(=O)(O)OP(=O)(O)OC[C@H]1O[C@@H](n2cnc3c(N)ncnc32)[C@H](O)[C@@H]1OP(=O)(O)O. The second-order valence-electron chi connectivity index (χ2n) is 13.5. The Hall–Kier alpha value is -2.96. The number of unbranched alkanes of at least 4 members (excludes halogenated alkanes) is 3. The van der Waals surface area contributed by atoms with Gasteiger partial charge in [-0.05, 0) is 18.9 Å². The van der Waals surface area contributed by atoms with E-state index in [2.05, 4.69) is 41.3 Å². The number of phosphoric ester groups is 3. The average Bonchev–Trinajstić information content (AvgIpc) is 3.71. The maximum atomic E-state index is 12.7. The Morgan fingerprint density at radius 2 is 1.76 bits per heavy atom. The fourth-order valence-electron chi connectivity index (χ4n) is 5.15. The van der Waals surface area contributed by atoms with Gasteiger partial charge in [0.15, 0.2) is 17.7 Å². The summed E-state index contributed by atoms with van der Waals surface area (Å²) >= 11 is 1.02. The first-order chi connectivity index (χ1) is 27.6. The molecule has 24 nitrogen and oxygen atoms in total. The lowest BCUT2D eigenvalue weighted by Gasteiger charge is -2.30. The average molecular weight is 918 g/mol. The minimum atomic E-state index is -5.57. The van der Waals surface area contributed by atoms with Crippen molar-refractivity contribution in [2.75, 3.05) is 37.8 Å². The fraction of sp³-hybridized carbons (Fsp3) is 0.613. The number of allylic oxidation sites excluding steroid dienone is 3. The maximum absolute atomic E-state index is 12.7. The molecule has 2 unspecified atom stereocenters. The van der Waals surface area contributed by atoms with Gasteiger partial charge in [0.1, 0.15) is 36.3 Å². The van der Waals surface area contributed by atoms with Crippen molar-refractivity contribution >= 4 is 69.1 Å². The second kappa shape index (κ2) is 22.8. The summed E-state index contributed by atoms with van der Waals surface area (Å²) in [6.07, 6.45) is 4.28. The van der Waals surface area contributed by atoms with E-state index < -0.39 is 84.6 Å². The van der Waals surface area contributed by atoms with Gasteiger partial charge in [-0.15, -0.1) is 0 Å². The number of aliphatic hydroxyl groups is 2. The Morgan fingerprint density at radius 3 is 2.46 bits per heavy atom. The molecule has 1 fully saturated rings. The molecule has 0 bridgehead atoms. The monoisotopic (exact) mass is 917 g/mol. The molecule has 3 heterocycles. The van der Waals surface area contributed by atoms with Crippen molar-refractivity contribution in [3.05, 3.63) is 37.0 Å². The molecular weight excluding hydrogens is 867 g/mol. The van der Waals surface area contributed by atoms with E-state index in [0.717, 1.165) is 54.7 Å². The minimum Gasteiger partial charge on any atom is -0.386 e. The van der Waals surface area contributed by atoms with Gasteiger partial charge in [-0.3, -0.25) is 32.5 Å². The van der Waals surface area contributed by atoms with Crippen LogP contribution >= 0.6 is 35.2 Å². The molecule has 10 N–H and O–H groups in total. The predicted molar refractivity (Wildman–Crippen MR) is 210 cm³/mol. The quantitative estimate of drug-likeness (QED) is 0.0294. The molecule has 59 heavy (non-hydrogen) atoms. The van der Waals surface area contributed by atoms with E-state index in [-0.39, 0.29) is 41.6 Å². The van der Waals surface area contributed by atoms with Crippen LogP contribution in [0.25, 0.3) is 11.2 Å². The summed E-state index contributed by atoms with van der Waals surface area (Å²) in [5.41, 5.74) is 4.26. The zero-order valence-corrected chi connectivity index (χ0v) is 35.7. The van der Waals surface area contributed by atoms with Crippen LogP contribution in [-0.2, 0) is 50.7 Å². The second-order valence-corrected chi connectivity index (χ2v) is 18.9. The number of fused-ring (bicyclic) bond motifs is 1. The lowest BCUT2D eigenvalue weighted by atomic mass is 9.87. The van der Waals surface area contributed by atoms with Crippen molar-refractivity contribution in [3.8, 4) is 0 Å². The normalized spacial score (nSPS) is 21.4. The van der Waals surface area contributed by atoms with Crippen LogP contribution in [0.4, 0.5) is 5.82 Å². The van der Waals surface area contributed by atoms with Crippen LogP contribution in [0.1, 0.15) is 59.1 Å². The van der Waals surface area contributed by atoms with Crippen molar-refractivity contribution in [2.45, 2.75) is 83.5 Å². The first kappa shape index (κ1) is 50.4. The van der Waals surface area contributed by atoms with E-state index in [0.29, 0.717) is 5.75 Å². The Labute approximate surface area is 342 Å². The number of nitrogen functional groups attached to an aromatic ring is 1. The van der Waals surface area contributed by atoms with E-state index in [1.165, 1.54) is 19.9 Å². The number of phosphoric acid groups is 3. The molecule has 2 aromatic heterocycles. The third kappa shape index (κ3) is 16.8. The number of nitrogens with one attached hydrogen (secondary N) is 2. The zero-order valence-electron chi connectivity index (χ0n) is 32.2. The number of rotatable bonds is 25. The molecule has 0 aliphatic carbocycles. The van der Waals surface area contributed by atoms with Crippen molar-refractivity contribution < 1.29 is 80.5 Å². The van der Waals surface area contributed by atoms with E-state index in [1.807, 2.05) is 12.2 Å². The Kier molecular flexibility index (Phi) is 19.4. The fourth-order valence-corrected chi connectivity index (χ4v) is 8.56. The summed E-state index contributed by atoms with van der Waals surface area (Å²) in [5, 5.41) is 26.2. The number of nitrogens with zero attached hydrogens (tertiary/aromatic N) is 4. The third-order valence-electron chi connectivity index (χ3n) is 8.20. The highest BCUT2D eigenvalue weighted by Gasteiger charge is 2.50. The van der Waals surface area contributed by atoms with Crippen molar-refractivity contribution in [3.63, 3.8) is 0 Å². The van der Waals surface area contributed by atoms with Crippen LogP contribution in [0.3, 0.4) is 0 Å². The molecule has 1 aliphatic heterocycles. The molecular formula is C31H50N7O17P3S. The lowest BCUT2D eigenvalue weighted by Crippen LogP contribution is -2.46. The van der Waals surface area contributed by atoms with Crippen LogP contribution in [0.15, 0.2) is 37.0 Å². The van der Waals surface area contributed by atoms with Gasteiger partial charge in [0.25, 0.3) is 0 Å². The van der Waals surface area contributed by atoms with Crippen LogP contribution < -0.4 is 16.4 Å². The van der Waals surface area contributed by atoms with E-state index in [4.69, 9.17) is 19.5 Å². The Morgan fingerprint density at radius 1 is 1.05 bits per heavy atom. The molecule has 0 aromatic carbocycles. The van der Waals surface area contributed by atoms with Crippen LogP contribution in [0.2, 0.25) is 0 Å². The Bertz CT molecular complexity index is 1950. The van der Waals surface area contributed by atoms with Gasteiger partial charge in [0, 0.05) is 30.7 Å². The number of carbonyl (C=O) groups excluding carboxylic acids is 3. The van der Waals surface area contributed by atoms with Gasteiger partial charge >= 0.3 is 23.5 Å². The Balaban J connectivity index is 1.44. The number of imidazole rings is 1. The summed E-state index contributed by atoms with van der Waals surface area (Å²) in [6.45, 7) is 2.59. The van der Waals surface area contributed by atoms with Gasteiger partial charge in [-0.25, -0.2) is 28.6 Å². The summed E-state index contributed by atoms with van der Waals surface area (Å²) in [4.78, 5) is 87.6. The molecule has 1 aliphatic rings. The summed E-state index contributed by atoms with van der Waals surface area (Å²) in [6, 6.07) is 0. The number of aromatic nitrogens is 4. The van der Waals surface area contributed by atoms with Crippen LogP contribution in [-0.4, -0.2) is 123 Å². The standard InChI is InChI=1S/C31H50N7O17P3S/c1-4-5-6-7-8-9-10-11-22(40)59-15-14-33-21(39)12-13-34-29(43)26(42)31(2,3)17-52-58(49,50)55-57(47,48)51-16-20-25(54-56(44,45)46)24(41)30(53-20)38-19-37-23-27(32)35-18-36-28(23)38/h8-11,18-20,24-26,30,41-42H,4-7,12-17H2,1-3H3,(H,33,39)(H,34,43)(H,47,48)(H,49,50)(H2,32,35,36)(H2,44,45,46)/b9-8+,11-10+/t20-,24-,25-,26+,30-/m1/s1. The first-order valence-corrected chi connectivity index (χ1v) is 23.5. The van der Waals surface area contributed by atoms with Crippen LogP contribution in [0.5, 0.6) is 0 Å². The highest BCUT2D eigenvalue weighted by atomic mass is 32.2. The molecule has 7 atom stereocenters. The van der Waals surface area contributed by atoms with Crippen molar-refractivity contribution in [1.29, 1.82) is 0 Å². The van der Waals surface area contributed by atoms with Gasteiger partial charge < -0.3 is 50.9 Å². The molecule has 1 saturated heterocycles. The number of amides is 2. The number of hydrogen-bond acceptors (Lipinski definition) is 18. The molecule has 3 rings (SSSR count).